The first-order valence-electron chi connectivity index (χ1n) is 7.69. The number of halogens is 1. The third kappa shape index (κ3) is 4.44. The van der Waals surface area contributed by atoms with E-state index in [1.54, 1.807) is 4.31 Å². The zero-order valence-electron chi connectivity index (χ0n) is 13.3. The van der Waals surface area contributed by atoms with Gasteiger partial charge in [-0.2, -0.15) is 4.31 Å². The van der Waals surface area contributed by atoms with Crippen molar-refractivity contribution in [3.63, 3.8) is 0 Å². The highest BCUT2D eigenvalue weighted by atomic mass is 35.5. The van der Waals surface area contributed by atoms with Crippen LogP contribution in [0.4, 0.5) is 5.13 Å². The van der Waals surface area contributed by atoms with Gasteiger partial charge in [-0.25, -0.2) is 8.42 Å². The molecule has 1 aromatic heterocycles. The van der Waals surface area contributed by atoms with Gasteiger partial charge in [-0.05, 0) is 30.5 Å². The molecule has 130 valence electrons. The molecule has 2 aromatic rings. The minimum Gasteiger partial charge on any atom is -0.358 e. The van der Waals surface area contributed by atoms with Crippen LogP contribution in [0.5, 0.6) is 0 Å². The van der Waals surface area contributed by atoms with Crippen molar-refractivity contribution in [1.29, 1.82) is 0 Å². The van der Waals surface area contributed by atoms with Gasteiger partial charge >= 0.3 is 0 Å². The monoisotopic (exact) mass is 386 g/mol. The molecule has 1 fully saturated rings. The van der Waals surface area contributed by atoms with E-state index in [0.717, 1.165) is 28.5 Å². The average Bonchev–Trinajstić information content (AvgIpc) is 3.16. The summed E-state index contributed by atoms with van der Waals surface area (Å²) in [5, 5.41) is 13.9. The van der Waals surface area contributed by atoms with Crippen LogP contribution in [0.25, 0.3) is 0 Å². The molecular formula is C15H19ClN4O2S2. The summed E-state index contributed by atoms with van der Waals surface area (Å²) in [7, 11) is -3.15. The molecule has 0 saturated carbocycles. The smallest absolute Gasteiger partial charge is 0.211 e. The second-order valence-corrected chi connectivity index (χ2v) is 9.29. The molecule has 1 atom stereocenters. The van der Waals surface area contributed by atoms with Crippen LogP contribution in [-0.4, -0.2) is 48.3 Å². The summed E-state index contributed by atoms with van der Waals surface area (Å²) >= 11 is 7.37. The molecule has 1 N–H and O–H groups in total. The van der Waals surface area contributed by atoms with Crippen molar-refractivity contribution in [2.45, 2.75) is 25.3 Å². The van der Waals surface area contributed by atoms with Crippen LogP contribution in [0.3, 0.4) is 0 Å². The van der Waals surface area contributed by atoms with E-state index in [4.69, 9.17) is 11.6 Å². The molecule has 2 heterocycles. The standard InChI is InChI=1S/C15H19ClN4O2S2/c1-24(21,22)20-8-2-3-13(20)10-17-15-19-18-14(23-15)9-11-4-6-12(16)7-5-11/h4-7,13H,2-3,8-10H2,1H3,(H,17,19)/t13-/m1/s1. The van der Waals surface area contributed by atoms with Crippen LogP contribution in [0.1, 0.15) is 23.4 Å². The lowest BCUT2D eigenvalue weighted by molar-refractivity contribution is 0.402. The van der Waals surface area contributed by atoms with E-state index >= 15 is 0 Å². The molecule has 0 aliphatic carbocycles. The molecule has 1 aromatic carbocycles. The van der Waals surface area contributed by atoms with Crippen molar-refractivity contribution in [3.05, 3.63) is 39.9 Å². The van der Waals surface area contributed by atoms with E-state index in [0.29, 0.717) is 24.5 Å². The van der Waals surface area contributed by atoms with E-state index in [9.17, 15) is 8.42 Å². The number of hydrogen-bond donors (Lipinski definition) is 1. The fourth-order valence-electron chi connectivity index (χ4n) is 2.83. The highest BCUT2D eigenvalue weighted by Crippen LogP contribution is 2.23. The molecule has 0 spiro atoms. The lowest BCUT2D eigenvalue weighted by Gasteiger charge is -2.21. The topological polar surface area (TPSA) is 75.2 Å². The molecule has 6 nitrogen and oxygen atoms in total. The molecule has 1 saturated heterocycles. The van der Waals surface area contributed by atoms with Gasteiger partial charge in [0.1, 0.15) is 5.01 Å². The van der Waals surface area contributed by atoms with Crippen LogP contribution in [0.15, 0.2) is 24.3 Å². The van der Waals surface area contributed by atoms with Crippen molar-refractivity contribution in [1.82, 2.24) is 14.5 Å². The van der Waals surface area contributed by atoms with Crippen molar-refractivity contribution < 1.29 is 8.42 Å². The maximum Gasteiger partial charge on any atom is 0.211 e. The Labute approximate surface area is 150 Å². The largest absolute Gasteiger partial charge is 0.358 e. The zero-order chi connectivity index (χ0) is 17.2. The van der Waals surface area contributed by atoms with Crippen molar-refractivity contribution in [2.24, 2.45) is 0 Å². The van der Waals surface area contributed by atoms with Gasteiger partial charge in [-0.3, -0.25) is 0 Å². The number of aromatic nitrogens is 2. The third-order valence-electron chi connectivity index (χ3n) is 3.97. The predicted octanol–water partition coefficient (Wildman–Crippen LogP) is 2.62. The Balaban J connectivity index is 1.57. The van der Waals surface area contributed by atoms with Gasteiger partial charge < -0.3 is 5.32 Å². The summed E-state index contributed by atoms with van der Waals surface area (Å²) in [6.07, 6.45) is 3.74. The van der Waals surface area contributed by atoms with E-state index in [1.165, 1.54) is 17.6 Å². The van der Waals surface area contributed by atoms with Gasteiger partial charge in [-0.15, -0.1) is 10.2 Å². The van der Waals surface area contributed by atoms with Gasteiger partial charge in [0, 0.05) is 30.6 Å². The Morgan fingerprint density at radius 3 is 2.79 bits per heavy atom. The maximum atomic E-state index is 11.7. The number of hydrogen-bond acceptors (Lipinski definition) is 6. The Kier molecular flexibility index (Phi) is 5.39. The number of nitrogens with zero attached hydrogens (tertiary/aromatic N) is 3. The first-order valence-corrected chi connectivity index (χ1v) is 10.7. The fraction of sp³-hybridized carbons (Fsp3) is 0.467. The number of sulfonamides is 1. The van der Waals surface area contributed by atoms with E-state index in [-0.39, 0.29) is 6.04 Å². The first-order chi connectivity index (χ1) is 11.4. The fourth-order valence-corrected chi connectivity index (χ4v) is 4.92. The van der Waals surface area contributed by atoms with Gasteiger partial charge in [-0.1, -0.05) is 35.1 Å². The van der Waals surface area contributed by atoms with Crippen LogP contribution in [0, 0.1) is 0 Å². The van der Waals surface area contributed by atoms with E-state index < -0.39 is 10.0 Å². The molecular weight excluding hydrogens is 368 g/mol. The quantitative estimate of drug-likeness (QED) is 0.825. The van der Waals surface area contributed by atoms with Gasteiger partial charge in [0.2, 0.25) is 15.2 Å². The molecule has 1 aliphatic heterocycles. The summed E-state index contributed by atoms with van der Waals surface area (Å²) in [6, 6.07) is 7.65. The van der Waals surface area contributed by atoms with Gasteiger partial charge in [0.15, 0.2) is 0 Å². The van der Waals surface area contributed by atoms with Crippen molar-refractivity contribution >= 4 is 38.1 Å². The van der Waals surface area contributed by atoms with Crippen LogP contribution < -0.4 is 5.32 Å². The zero-order valence-corrected chi connectivity index (χ0v) is 15.7. The predicted molar refractivity (Wildman–Crippen MR) is 97.2 cm³/mol. The Hall–Kier alpha value is -1.22. The van der Waals surface area contributed by atoms with Crippen LogP contribution in [0.2, 0.25) is 5.02 Å². The molecule has 0 bridgehead atoms. The Morgan fingerprint density at radius 1 is 1.33 bits per heavy atom. The second-order valence-electron chi connectivity index (χ2n) is 5.85. The molecule has 3 rings (SSSR count). The van der Waals surface area contributed by atoms with Crippen LogP contribution >= 0.6 is 22.9 Å². The molecule has 0 amide bonds. The maximum absolute atomic E-state index is 11.7. The molecule has 24 heavy (non-hydrogen) atoms. The highest BCUT2D eigenvalue weighted by Gasteiger charge is 2.31. The molecule has 1 aliphatic rings. The van der Waals surface area contributed by atoms with Gasteiger partial charge in [0.25, 0.3) is 0 Å². The van der Waals surface area contributed by atoms with E-state index in [2.05, 4.69) is 15.5 Å². The normalized spacial score (nSPS) is 18.8. The summed E-state index contributed by atoms with van der Waals surface area (Å²) in [4.78, 5) is 0. The molecule has 0 unspecified atom stereocenters. The SMILES string of the molecule is CS(=O)(=O)N1CCC[C@@H]1CNc1nnc(Cc2ccc(Cl)cc2)s1. The minimum absolute atomic E-state index is 0.0105. The lowest BCUT2D eigenvalue weighted by Crippen LogP contribution is -2.38. The number of benzene rings is 1. The summed E-state index contributed by atoms with van der Waals surface area (Å²) in [5.74, 6) is 0. The molecule has 0 radical (unpaired) electrons. The summed E-state index contributed by atoms with van der Waals surface area (Å²) in [6.45, 7) is 1.16. The first kappa shape index (κ1) is 17.6. The number of anilines is 1. The third-order valence-corrected chi connectivity index (χ3v) is 6.44. The van der Waals surface area contributed by atoms with Crippen molar-refractivity contribution in [2.75, 3.05) is 24.7 Å². The van der Waals surface area contributed by atoms with Crippen LogP contribution in [-0.2, 0) is 16.4 Å². The number of rotatable bonds is 6. The Bertz CT molecular complexity index is 792. The van der Waals surface area contributed by atoms with E-state index in [1.807, 2.05) is 24.3 Å². The number of nitrogens with one attached hydrogen (secondary N) is 1. The van der Waals surface area contributed by atoms with Gasteiger partial charge in [0.05, 0.1) is 6.26 Å². The molecule has 9 heteroatoms. The summed E-state index contributed by atoms with van der Waals surface area (Å²) < 4.78 is 25.1. The second kappa shape index (κ2) is 7.35. The average molecular weight is 387 g/mol. The Morgan fingerprint density at radius 2 is 2.08 bits per heavy atom. The highest BCUT2D eigenvalue weighted by molar-refractivity contribution is 7.88. The van der Waals surface area contributed by atoms with Crippen molar-refractivity contribution in [3.8, 4) is 0 Å². The minimum atomic E-state index is -3.15. The summed E-state index contributed by atoms with van der Waals surface area (Å²) in [5.41, 5.74) is 1.13. The lowest BCUT2D eigenvalue weighted by atomic mass is 10.2.